The Morgan fingerprint density at radius 3 is 2.35 bits per heavy atom. The van der Waals surface area contributed by atoms with Crippen molar-refractivity contribution in [3.63, 3.8) is 0 Å². The van der Waals surface area contributed by atoms with Crippen LogP contribution in [0, 0.1) is 0 Å². The molecule has 7 heteroatoms. The van der Waals surface area contributed by atoms with E-state index in [9.17, 15) is 23.1 Å². The lowest BCUT2D eigenvalue weighted by molar-refractivity contribution is -0.124. The van der Waals surface area contributed by atoms with Crippen molar-refractivity contribution in [3.05, 3.63) is 60.2 Å². The van der Waals surface area contributed by atoms with Gasteiger partial charge in [-0.15, -0.1) is 11.8 Å². The molecule has 0 heterocycles. The highest BCUT2D eigenvalue weighted by molar-refractivity contribution is 7.99. The molecular weight excluding hydrogens is 327 g/mol. The molecule has 0 saturated heterocycles. The van der Waals surface area contributed by atoms with E-state index in [1.807, 2.05) is 0 Å². The Balaban J connectivity index is 2.09. The van der Waals surface area contributed by atoms with Gasteiger partial charge in [-0.3, -0.25) is 4.79 Å². The van der Waals surface area contributed by atoms with E-state index in [1.54, 1.807) is 42.5 Å². The predicted octanol–water partition coefficient (Wildman–Crippen LogP) is 4.01. The van der Waals surface area contributed by atoms with Gasteiger partial charge in [-0.2, -0.15) is 13.2 Å². The smallest absolute Gasteiger partial charge is 0.378 e. The molecule has 0 aliphatic carbocycles. The number of alkyl halides is 3. The summed E-state index contributed by atoms with van der Waals surface area (Å²) >= 11 is 0.582. The first kappa shape index (κ1) is 17.4. The Morgan fingerprint density at radius 2 is 1.70 bits per heavy atom. The average molecular weight is 341 g/mol. The number of hydrogen-bond donors (Lipinski definition) is 2. The van der Waals surface area contributed by atoms with Crippen LogP contribution in [0.5, 0.6) is 0 Å². The molecule has 1 amide bonds. The fourth-order valence-corrected chi connectivity index (χ4v) is 2.61. The summed E-state index contributed by atoms with van der Waals surface area (Å²) in [4.78, 5) is 12.4. The van der Waals surface area contributed by atoms with E-state index in [0.717, 1.165) is 0 Å². The fraction of sp³-hybridized carbons (Fsp3) is 0.188. The third kappa shape index (κ3) is 5.30. The van der Waals surface area contributed by atoms with E-state index in [4.69, 9.17) is 0 Å². The third-order valence-corrected chi connectivity index (χ3v) is 4.04. The zero-order valence-electron chi connectivity index (χ0n) is 11.9. The van der Waals surface area contributed by atoms with Crippen molar-refractivity contribution >= 4 is 23.4 Å². The number of carbonyl (C=O) groups excluding carboxylic acids is 1. The van der Waals surface area contributed by atoms with Gasteiger partial charge >= 0.3 is 6.18 Å². The Morgan fingerprint density at radius 1 is 1.09 bits per heavy atom. The SMILES string of the molecule is O=C(Nc1ccccc1SCC(F)(F)F)C(O)c1ccccc1. The van der Waals surface area contributed by atoms with Crippen LogP contribution in [0.2, 0.25) is 0 Å². The lowest BCUT2D eigenvalue weighted by Gasteiger charge is -2.14. The maximum atomic E-state index is 12.3. The van der Waals surface area contributed by atoms with Gasteiger partial charge in [0.2, 0.25) is 0 Å². The van der Waals surface area contributed by atoms with Crippen molar-refractivity contribution in [3.8, 4) is 0 Å². The molecule has 1 unspecified atom stereocenters. The first-order valence-electron chi connectivity index (χ1n) is 6.69. The second kappa shape index (κ2) is 7.52. The quantitative estimate of drug-likeness (QED) is 0.808. The van der Waals surface area contributed by atoms with Crippen LogP contribution in [0.4, 0.5) is 18.9 Å². The highest BCUT2D eigenvalue weighted by Gasteiger charge is 2.28. The number of rotatable bonds is 5. The van der Waals surface area contributed by atoms with E-state index in [0.29, 0.717) is 22.2 Å². The summed E-state index contributed by atoms with van der Waals surface area (Å²) < 4.78 is 37.0. The van der Waals surface area contributed by atoms with Gasteiger partial charge in [0.15, 0.2) is 6.10 Å². The molecule has 2 rings (SSSR count). The minimum atomic E-state index is -4.30. The summed E-state index contributed by atoms with van der Waals surface area (Å²) in [5, 5.41) is 12.5. The minimum absolute atomic E-state index is 0.238. The van der Waals surface area contributed by atoms with Crippen molar-refractivity contribution in [2.45, 2.75) is 17.2 Å². The Hall–Kier alpha value is -1.99. The highest BCUT2D eigenvalue weighted by Crippen LogP contribution is 2.32. The number of anilines is 1. The Bertz CT molecular complexity index is 662. The zero-order chi connectivity index (χ0) is 16.9. The molecule has 2 aromatic carbocycles. The van der Waals surface area contributed by atoms with Gasteiger partial charge in [0.25, 0.3) is 5.91 Å². The molecule has 0 aliphatic heterocycles. The van der Waals surface area contributed by atoms with Crippen LogP contribution < -0.4 is 5.32 Å². The second-order valence-corrected chi connectivity index (χ2v) is 5.72. The molecule has 1 atom stereocenters. The predicted molar refractivity (Wildman–Crippen MR) is 83.3 cm³/mol. The van der Waals surface area contributed by atoms with E-state index >= 15 is 0 Å². The fourth-order valence-electron chi connectivity index (χ4n) is 1.84. The molecule has 0 bridgehead atoms. The second-order valence-electron chi connectivity index (χ2n) is 4.70. The van der Waals surface area contributed by atoms with Crippen molar-refractivity contribution in [2.75, 3.05) is 11.1 Å². The number of para-hydroxylation sites is 1. The number of thioether (sulfide) groups is 1. The van der Waals surface area contributed by atoms with Crippen LogP contribution in [-0.2, 0) is 4.79 Å². The van der Waals surface area contributed by atoms with Gasteiger partial charge in [0, 0.05) is 4.90 Å². The first-order valence-corrected chi connectivity index (χ1v) is 7.68. The summed E-state index contributed by atoms with van der Waals surface area (Å²) in [6.45, 7) is 0. The van der Waals surface area contributed by atoms with Crippen LogP contribution in [0.25, 0.3) is 0 Å². The van der Waals surface area contributed by atoms with Crippen LogP contribution in [0.15, 0.2) is 59.5 Å². The summed E-state index contributed by atoms with van der Waals surface area (Å²) in [6.07, 6.45) is -5.69. The summed E-state index contributed by atoms with van der Waals surface area (Å²) in [5.41, 5.74) is 0.646. The van der Waals surface area contributed by atoms with Crippen molar-refractivity contribution in [1.82, 2.24) is 0 Å². The third-order valence-electron chi connectivity index (χ3n) is 2.90. The molecule has 2 N–H and O–H groups in total. The number of carbonyl (C=O) groups is 1. The molecule has 0 aromatic heterocycles. The number of nitrogens with one attached hydrogen (secondary N) is 1. The lowest BCUT2D eigenvalue weighted by atomic mass is 10.1. The average Bonchev–Trinajstić information content (AvgIpc) is 2.53. The monoisotopic (exact) mass is 341 g/mol. The van der Waals surface area contributed by atoms with Gasteiger partial charge in [0.1, 0.15) is 0 Å². The molecule has 3 nitrogen and oxygen atoms in total. The van der Waals surface area contributed by atoms with Gasteiger partial charge in [0.05, 0.1) is 11.4 Å². The maximum Gasteiger partial charge on any atom is 0.398 e. The lowest BCUT2D eigenvalue weighted by Crippen LogP contribution is -2.21. The largest absolute Gasteiger partial charge is 0.398 e. The van der Waals surface area contributed by atoms with Crippen molar-refractivity contribution in [2.24, 2.45) is 0 Å². The van der Waals surface area contributed by atoms with Gasteiger partial charge in [-0.1, -0.05) is 42.5 Å². The number of halogens is 3. The van der Waals surface area contributed by atoms with E-state index < -0.39 is 23.9 Å². The summed E-state index contributed by atoms with van der Waals surface area (Å²) in [5.74, 6) is -1.75. The molecular formula is C16H14F3NO2S. The molecule has 0 spiro atoms. The van der Waals surface area contributed by atoms with Gasteiger partial charge in [-0.25, -0.2) is 0 Å². The normalized spacial score (nSPS) is 12.7. The number of aliphatic hydroxyl groups excluding tert-OH is 1. The van der Waals surface area contributed by atoms with Crippen LogP contribution in [-0.4, -0.2) is 22.9 Å². The van der Waals surface area contributed by atoms with E-state index in [-0.39, 0.29) is 5.69 Å². The van der Waals surface area contributed by atoms with E-state index in [2.05, 4.69) is 5.32 Å². The molecule has 2 aromatic rings. The molecule has 122 valence electrons. The topological polar surface area (TPSA) is 49.3 Å². The zero-order valence-corrected chi connectivity index (χ0v) is 12.7. The number of hydrogen-bond acceptors (Lipinski definition) is 3. The van der Waals surface area contributed by atoms with Crippen LogP contribution in [0.1, 0.15) is 11.7 Å². The summed E-state index contributed by atoms with van der Waals surface area (Å²) in [7, 11) is 0. The molecule has 0 radical (unpaired) electrons. The van der Waals surface area contributed by atoms with Crippen molar-refractivity contribution in [1.29, 1.82) is 0 Å². The standard InChI is InChI=1S/C16H14F3NO2S/c17-16(18,19)10-23-13-9-5-4-8-12(13)20-15(22)14(21)11-6-2-1-3-7-11/h1-9,14,21H,10H2,(H,20,22). The molecule has 23 heavy (non-hydrogen) atoms. The van der Waals surface area contributed by atoms with Crippen LogP contribution >= 0.6 is 11.8 Å². The highest BCUT2D eigenvalue weighted by atomic mass is 32.2. The summed E-state index contributed by atoms with van der Waals surface area (Å²) in [6, 6.07) is 14.5. The maximum absolute atomic E-state index is 12.3. The number of benzene rings is 2. The molecule has 0 saturated carbocycles. The van der Waals surface area contributed by atoms with Gasteiger partial charge in [-0.05, 0) is 17.7 Å². The Kier molecular flexibility index (Phi) is 5.68. The Labute approximate surface area is 135 Å². The minimum Gasteiger partial charge on any atom is -0.378 e. The molecule has 0 aliphatic rings. The van der Waals surface area contributed by atoms with E-state index in [1.165, 1.54) is 12.1 Å². The van der Waals surface area contributed by atoms with Crippen LogP contribution in [0.3, 0.4) is 0 Å². The number of amides is 1. The molecule has 0 fully saturated rings. The number of aliphatic hydroxyl groups is 1. The van der Waals surface area contributed by atoms with Gasteiger partial charge < -0.3 is 10.4 Å². The van der Waals surface area contributed by atoms with Crippen molar-refractivity contribution < 1.29 is 23.1 Å². The first-order chi connectivity index (χ1) is 10.9.